The lowest BCUT2D eigenvalue weighted by Crippen LogP contribution is -2.41. The number of amides is 2. The Kier molecular flexibility index (Phi) is 6.57. The SMILES string of the molecule is CC(NC(=O)Cn1cccc(C(=O)NC2CCCCC2)c1=O)c1ccccn1. The molecule has 28 heavy (non-hydrogen) atoms. The number of aromatic nitrogens is 2. The van der Waals surface area contributed by atoms with E-state index in [4.69, 9.17) is 0 Å². The third kappa shape index (κ3) is 5.06. The average molecular weight is 382 g/mol. The van der Waals surface area contributed by atoms with Crippen LogP contribution in [0.25, 0.3) is 0 Å². The molecule has 3 rings (SSSR count). The minimum absolute atomic E-state index is 0.0682. The first-order valence-corrected chi connectivity index (χ1v) is 9.75. The summed E-state index contributed by atoms with van der Waals surface area (Å²) in [6.45, 7) is 1.68. The molecule has 2 amide bonds. The van der Waals surface area contributed by atoms with Gasteiger partial charge in [0.05, 0.1) is 11.7 Å². The highest BCUT2D eigenvalue weighted by Crippen LogP contribution is 2.17. The first-order chi connectivity index (χ1) is 13.5. The van der Waals surface area contributed by atoms with Gasteiger partial charge < -0.3 is 15.2 Å². The summed E-state index contributed by atoms with van der Waals surface area (Å²) in [7, 11) is 0. The molecule has 0 saturated heterocycles. The first-order valence-electron chi connectivity index (χ1n) is 9.75. The van der Waals surface area contributed by atoms with Crippen molar-refractivity contribution in [1.82, 2.24) is 20.2 Å². The van der Waals surface area contributed by atoms with E-state index >= 15 is 0 Å². The maximum Gasteiger partial charge on any atom is 0.263 e. The zero-order chi connectivity index (χ0) is 19.9. The summed E-state index contributed by atoms with van der Waals surface area (Å²) < 4.78 is 1.26. The van der Waals surface area contributed by atoms with Gasteiger partial charge in [0.15, 0.2) is 0 Å². The van der Waals surface area contributed by atoms with Crippen molar-refractivity contribution in [3.05, 3.63) is 64.3 Å². The summed E-state index contributed by atoms with van der Waals surface area (Å²) in [5, 5.41) is 5.77. The Morgan fingerprint density at radius 3 is 2.68 bits per heavy atom. The molecule has 1 unspecified atom stereocenters. The zero-order valence-electron chi connectivity index (χ0n) is 16.1. The Bertz CT molecular complexity index is 873. The fourth-order valence-electron chi connectivity index (χ4n) is 3.49. The number of rotatable bonds is 6. The predicted octanol–water partition coefficient (Wildman–Crippen LogP) is 2.18. The van der Waals surface area contributed by atoms with Crippen molar-refractivity contribution in [3.8, 4) is 0 Å². The van der Waals surface area contributed by atoms with Gasteiger partial charge >= 0.3 is 0 Å². The summed E-state index contributed by atoms with van der Waals surface area (Å²) in [5.41, 5.74) is 0.346. The summed E-state index contributed by atoms with van der Waals surface area (Å²) >= 11 is 0. The summed E-state index contributed by atoms with van der Waals surface area (Å²) in [4.78, 5) is 41.7. The van der Waals surface area contributed by atoms with Gasteiger partial charge in [0.2, 0.25) is 5.91 Å². The number of hydrogen-bond donors (Lipinski definition) is 2. The first kappa shape index (κ1) is 19.8. The van der Waals surface area contributed by atoms with Crippen LogP contribution in [0.5, 0.6) is 0 Å². The van der Waals surface area contributed by atoms with E-state index in [-0.39, 0.29) is 36.0 Å². The lowest BCUT2D eigenvalue weighted by molar-refractivity contribution is -0.122. The molecule has 0 spiro atoms. The van der Waals surface area contributed by atoms with Crippen LogP contribution in [0.1, 0.15) is 61.1 Å². The van der Waals surface area contributed by atoms with Crippen LogP contribution in [0.2, 0.25) is 0 Å². The van der Waals surface area contributed by atoms with Gasteiger partial charge in [0.25, 0.3) is 11.5 Å². The molecule has 1 saturated carbocycles. The monoisotopic (exact) mass is 382 g/mol. The Labute approximate surface area is 164 Å². The largest absolute Gasteiger partial charge is 0.349 e. The number of carbonyl (C=O) groups is 2. The van der Waals surface area contributed by atoms with Crippen molar-refractivity contribution in [2.75, 3.05) is 0 Å². The molecule has 0 aliphatic heterocycles. The third-order valence-corrected chi connectivity index (χ3v) is 5.03. The highest BCUT2D eigenvalue weighted by molar-refractivity contribution is 5.94. The van der Waals surface area contributed by atoms with E-state index in [0.717, 1.165) is 31.4 Å². The Morgan fingerprint density at radius 2 is 1.96 bits per heavy atom. The molecule has 0 radical (unpaired) electrons. The molecule has 2 N–H and O–H groups in total. The average Bonchev–Trinajstić information content (AvgIpc) is 2.71. The maximum absolute atomic E-state index is 12.7. The van der Waals surface area contributed by atoms with Gasteiger partial charge in [-0.3, -0.25) is 19.4 Å². The smallest absolute Gasteiger partial charge is 0.263 e. The van der Waals surface area contributed by atoms with E-state index in [9.17, 15) is 14.4 Å². The number of hydrogen-bond acceptors (Lipinski definition) is 4. The normalized spacial score (nSPS) is 15.6. The van der Waals surface area contributed by atoms with Gasteiger partial charge in [-0.05, 0) is 44.0 Å². The topological polar surface area (TPSA) is 93.1 Å². The van der Waals surface area contributed by atoms with Crippen molar-refractivity contribution in [2.45, 2.75) is 57.7 Å². The second kappa shape index (κ2) is 9.30. The van der Waals surface area contributed by atoms with E-state index < -0.39 is 5.56 Å². The van der Waals surface area contributed by atoms with Gasteiger partial charge in [0.1, 0.15) is 12.1 Å². The number of pyridine rings is 2. The molecule has 7 heteroatoms. The number of carbonyl (C=O) groups excluding carboxylic acids is 2. The molecule has 1 aliphatic rings. The van der Waals surface area contributed by atoms with Crippen LogP contribution in [0.3, 0.4) is 0 Å². The van der Waals surface area contributed by atoms with E-state index in [2.05, 4.69) is 15.6 Å². The number of nitrogens with zero attached hydrogens (tertiary/aromatic N) is 2. The van der Waals surface area contributed by atoms with Gasteiger partial charge in [-0.15, -0.1) is 0 Å². The van der Waals surface area contributed by atoms with Gasteiger partial charge in [-0.2, -0.15) is 0 Å². The standard InChI is InChI=1S/C21H26N4O3/c1-15(18-11-5-6-12-22-18)23-19(26)14-25-13-7-10-17(21(25)28)20(27)24-16-8-3-2-4-9-16/h5-7,10-13,15-16H,2-4,8-9,14H2,1H3,(H,23,26)(H,24,27). The van der Waals surface area contributed by atoms with E-state index in [1.54, 1.807) is 12.3 Å². The van der Waals surface area contributed by atoms with E-state index in [0.29, 0.717) is 0 Å². The highest BCUT2D eigenvalue weighted by Gasteiger charge is 2.19. The minimum Gasteiger partial charge on any atom is -0.349 e. The lowest BCUT2D eigenvalue weighted by Gasteiger charge is -2.22. The van der Waals surface area contributed by atoms with Gasteiger partial charge in [-0.1, -0.05) is 25.3 Å². The van der Waals surface area contributed by atoms with Crippen LogP contribution < -0.4 is 16.2 Å². The molecule has 1 atom stereocenters. The molecule has 0 bridgehead atoms. The quantitative estimate of drug-likeness (QED) is 0.801. The summed E-state index contributed by atoms with van der Waals surface area (Å²) in [5.74, 6) is -0.682. The Hall–Kier alpha value is -2.96. The Morgan fingerprint density at radius 1 is 1.18 bits per heavy atom. The molecular formula is C21H26N4O3. The highest BCUT2D eigenvalue weighted by atomic mass is 16.2. The fourth-order valence-corrected chi connectivity index (χ4v) is 3.49. The second-order valence-corrected chi connectivity index (χ2v) is 7.21. The molecule has 2 heterocycles. The molecule has 148 valence electrons. The van der Waals surface area contributed by atoms with Crippen LogP contribution >= 0.6 is 0 Å². The second-order valence-electron chi connectivity index (χ2n) is 7.21. The van der Waals surface area contributed by atoms with Crippen molar-refractivity contribution in [1.29, 1.82) is 0 Å². The Balaban J connectivity index is 1.64. The van der Waals surface area contributed by atoms with Crippen LogP contribution in [0.4, 0.5) is 0 Å². The third-order valence-electron chi connectivity index (χ3n) is 5.03. The maximum atomic E-state index is 12.7. The molecule has 2 aromatic rings. The predicted molar refractivity (Wildman–Crippen MR) is 106 cm³/mol. The van der Waals surface area contributed by atoms with Crippen LogP contribution in [0, 0.1) is 0 Å². The minimum atomic E-state index is -0.462. The van der Waals surface area contributed by atoms with Crippen molar-refractivity contribution in [2.24, 2.45) is 0 Å². The van der Waals surface area contributed by atoms with Crippen LogP contribution in [-0.4, -0.2) is 27.4 Å². The zero-order valence-corrected chi connectivity index (χ0v) is 16.1. The molecule has 0 aromatic carbocycles. The van der Waals surface area contributed by atoms with Crippen LogP contribution in [0.15, 0.2) is 47.5 Å². The van der Waals surface area contributed by atoms with Crippen molar-refractivity contribution >= 4 is 11.8 Å². The van der Waals surface area contributed by atoms with Crippen molar-refractivity contribution < 1.29 is 9.59 Å². The molecule has 7 nitrogen and oxygen atoms in total. The lowest BCUT2D eigenvalue weighted by atomic mass is 9.95. The van der Waals surface area contributed by atoms with Gasteiger partial charge in [-0.25, -0.2) is 0 Å². The molecular weight excluding hydrogens is 356 g/mol. The molecule has 2 aromatic heterocycles. The number of nitrogens with one attached hydrogen (secondary N) is 2. The summed E-state index contributed by atoms with van der Waals surface area (Å²) in [6.07, 6.45) is 8.45. The van der Waals surface area contributed by atoms with Gasteiger partial charge in [0, 0.05) is 18.4 Å². The summed E-state index contributed by atoms with van der Waals surface area (Å²) in [6, 6.07) is 8.45. The molecule has 1 fully saturated rings. The van der Waals surface area contributed by atoms with Crippen LogP contribution in [-0.2, 0) is 11.3 Å². The van der Waals surface area contributed by atoms with Crippen molar-refractivity contribution in [3.63, 3.8) is 0 Å². The fraction of sp³-hybridized carbons (Fsp3) is 0.429. The van der Waals surface area contributed by atoms with E-state index in [1.807, 2.05) is 25.1 Å². The van der Waals surface area contributed by atoms with E-state index in [1.165, 1.54) is 23.3 Å². The molecule has 1 aliphatic carbocycles.